The summed E-state index contributed by atoms with van der Waals surface area (Å²) in [7, 11) is 0. The minimum absolute atomic E-state index is 0.0559. The van der Waals surface area contributed by atoms with Gasteiger partial charge in [-0.15, -0.1) is 0 Å². The summed E-state index contributed by atoms with van der Waals surface area (Å²) in [5.41, 5.74) is 0. The highest BCUT2D eigenvalue weighted by Crippen LogP contribution is 2.11. The number of carbonyl (C=O) groups is 1. The summed E-state index contributed by atoms with van der Waals surface area (Å²) in [5, 5.41) is 6.07. The molecule has 6 heteroatoms. The van der Waals surface area contributed by atoms with Crippen LogP contribution in [0.4, 0.5) is 5.82 Å². The molecule has 0 saturated carbocycles. The maximum Gasteiger partial charge on any atom is 0.239 e. The van der Waals surface area contributed by atoms with E-state index in [0.717, 1.165) is 6.42 Å². The summed E-state index contributed by atoms with van der Waals surface area (Å²) in [6, 6.07) is 1.60. The standard InChI is InChI=1S/C11H17ClN4O/c1-3-5-13-11(17)7-14-10-6-8(12)15-9(4-2)16-10/h6H,3-5,7H2,1-2H3,(H,13,17)(H,14,15,16). The number of hydrogen-bond donors (Lipinski definition) is 2. The number of aromatic nitrogens is 2. The van der Waals surface area contributed by atoms with Crippen LogP contribution in [0.15, 0.2) is 6.07 Å². The molecule has 1 heterocycles. The lowest BCUT2D eigenvalue weighted by Crippen LogP contribution is -2.30. The Morgan fingerprint density at radius 1 is 1.41 bits per heavy atom. The molecule has 2 N–H and O–H groups in total. The Kier molecular flexibility index (Phi) is 5.69. The Morgan fingerprint density at radius 2 is 2.18 bits per heavy atom. The van der Waals surface area contributed by atoms with E-state index in [9.17, 15) is 4.79 Å². The van der Waals surface area contributed by atoms with E-state index >= 15 is 0 Å². The van der Waals surface area contributed by atoms with E-state index in [1.165, 1.54) is 0 Å². The molecule has 1 amide bonds. The second-order valence-electron chi connectivity index (χ2n) is 3.55. The van der Waals surface area contributed by atoms with Crippen LogP contribution in [0.5, 0.6) is 0 Å². The number of halogens is 1. The molecule has 0 saturated heterocycles. The van der Waals surface area contributed by atoms with Gasteiger partial charge in [0.2, 0.25) is 5.91 Å². The van der Waals surface area contributed by atoms with Gasteiger partial charge in [0.25, 0.3) is 0 Å². The second kappa shape index (κ2) is 7.06. The SMILES string of the molecule is CCCNC(=O)CNc1cc(Cl)nc(CC)n1. The van der Waals surface area contributed by atoms with Gasteiger partial charge in [-0.05, 0) is 6.42 Å². The Morgan fingerprint density at radius 3 is 2.82 bits per heavy atom. The van der Waals surface area contributed by atoms with Gasteiger partial charge in [0.15, 0.2) is 0 Å². The molecule has 0 aliphatic heterocycles. The average Bonchev–Trinajstić information content (AvgIpc) is 2.33. The first-order valence-electron chi connectivity index (χ1n) is 5.69. The second-order valence-corrected chi connectivity index (χ2v) is 3.94. The third kappa shape index (κ3) is 4.99. The highest BCUT2D eigenvalue weighted by Gasteiger charge is 2.04. The number of nitrogens with one attached hydrogen (secondary N) is 2. The molecule has 5 nitrogen and oxygen atoms in total. The molecule has 0 fully saturated rings. The monoisotopic (exact) mass is 256 g/mol. The first-order valence-corrected chi connectivity index (χ1v) is 6.07. The fourth-order valence-corrected chi connectivity index (χ4v) is 1.41. The molecule has 0 aliphatic rings. The van der Waals surface area contributed by atoms with E-state index in [1.807, 2.05) is 13.8 Å². The lowest BCUT2D eigenvalue weighted by molar-refractivity contribution is -0.119. The number of rotatable bonds is 6. The van der Waals surface area contributed by atoms with E-state index in [2.05, 4.69) is 20.6 Å². The van der Waals surface area contributed by atoms with Gasteiger partial charge < -0.3 is 10.6 Å². The molecule has 1 aromatic rings. The maximum atomic E-state index is 11.4. The molecular formula is C11H17ClN4O. The van der Waals surface area contributed by atoms with Crippen LogP contribution in [0.25, 0.3) is 0 Å². The van der Waals surface area contributed by atoms with Gasteiger partial charge in [0.1, 0.15) is 16.8 Å². The smallest absolute Gasteiger partial charge is 0.239 e. The predicted octanol–water partition coefficient (Wildman–Crippen LogP) is 1.63. The quantitative estimate of drug-likeness (QED) is 0.760. The number of anilines is 1. The maximum absolute atomic E-state index is 11.4. The van der Waals surface area contributed by atoms with Gasteiger partial charge in [-0.1, -0.05) is 25.4 Å². The summed E-state index contributed by atoms with van der Waals surface area (Å²) >= 11 is 5.84. The molecule has 0 atom stereocenters. The van der Waals surface area contributed by atoms with E-state index in [4.69, 9.17) is 11.6 Å². The molecule has 0 aliphatic carbocycles. The topological polar surface area (TPSA) is 66.9 Å². The molecule has 0 radical (unpaired) electrons. The van der Waals surface area contributed by atoms with Crippen molar-refractivity contribution in [3.63, 3.8) is 0 Å². The van der Waals surface area contributed by atoms with E-state index in [-0.39, 0.29) is 12.5 Å². The van der Waals surface area contributed by atoms with Crippen LogP contribution < -0.4 is 10.6 Å². The molecular weight excluding hydrogens is 240 g/mol. The largest absolute Gasteiger partial charge is 0.361 e. The van der Waals surface area contributed by atoms with Crippen molar-refractivity contribution in [2.75, 3.05) is 18.4 Å². The lowest BCUT2D eigenvalue weighted by atomic mass is 10.4. The van der Waals surface area contributed by atoms with Crippen molar-refractivity contribution in [3.8, 4) is 0 Å². The first-order chi connectivity index (χ1) is 8.15. The van der Waals surface area contributed by atoms with Crippen molar-refractivity contribution < 1.29 is 4.79 Å². The summed E-state index contributed by atoms with van der Waals surface area (Å²) < 4.78 is 0. The van der Waals surface area contributed by atoms with Gasteiger partial charge in [-0.2, -0.15) is 0 Å². The van der Waals surface area contributed by atoms with Gasteiger partial charge >= 0.3 is 0 Å². The van der Waals surface area contributed by atoms with Crippen LogP contribution >= 0.6 is 11.6 Å². The molecule has 17 heavy (non-hydrogen) atoms. The van der Waals surface area contributed by atoms with Crippen LogP contribution in [0.3, 0.4) is 0 Å². The van der Waals surface area contributed by atoms with E-state index in [1.54, 1.807) is 6.07 Å². The van der Waals surface area contributed by atoms with Crippen molar-refractivity contribution in [2.24, 2.45) is 0 Å². The summed E-state index contributed by atoms with van der Waals surface area (Å²) in [4.78, 5) is 19.6. The third-order valence-electron chi connectivity index (χ3n) is 2.06. The van der Waals surface area contributed by atoms with Crippen molar-refractivity contribution in [1.82, 2.24) is 15.3 Å². The minimum atomic E-state index is -0.0559. The highest BCUT2D eigenvalue weighted by atomic mass is 35.5. The summed E-state index contributed by atoms with van der Waals surface area (Å²) in [5.74, 6) is 1.18. The first kappa shape index (κ1) is 13.7. The van der Waals surface area contributed by atoms with E-state index < -0.39 is 0 Å². The molecule has 94 valence electrons. The van der Waals surface area contributed by atoms with E-state index in [0.29, 0.717) is 29.8 Å². The Labute approximate surface area is 106 Å². The van der Waals surface area contributed by atoms with Gasteiger partial charge in [0.05, 0.1) is 6.54 Å². The average molecular weight is 257 g/mol. The molecule has 0 spiro atoms. The van der Waals surface area contributed by atoms with Crippen molar-refractivity contribution >= 4 is 23.3 Å². The fraction of sp³-hybridized carbons (Fsp3) is 0.545. The number of carbonyl (C=O) groups excluding carboxylic acids is 1. The predicted molar refractivity (Wildman–Crippen MR) is 68.2 cm³/mol. The third-order valence-corrected chi connectivity index (χ3v) is 2.25. The summed E-state index contributed by atoms with van der Waals surface area (Å²) in [6.07, 6.45) is 1.63. The van der Waals surface area contributed by atoms with Gasteiger partial charge in [-0.3, -0.25) is 4.79 Å². The van der Waals surface area contributed by atoms with Crippen LogP contribution in [0.1, 0.15) is 26.1 Å². The normalized spacial score (nSPS) is 10.1. The van der Waals surface area contributed by atoms with Crippen molar-refractivity contribution in [3.05, 3.63) is 17.0 Å². The Bertz CT molecular complexity index is 384. The van der Waals surface area contributed by atoms with Crippen LogP contribution in [-0.4, -0.2) is 29.0 Å². The van der Waals surface area contributed by atoms with Crippen LogP contribution in [0, 0.1) is 0 Å². The van der Waals surface area contributed by atoms with Crippen LogP contribution in [0.2, 0.25) is 5.15 Å². The number of aryl methyl sites for hydroxylation is 1. The van der Waals surface area contributed by atoms with Crippen LogP contribution in [-0.2, 0) is 11.2 Å². The highest BCUT2D eigenvalue weighted by molar-refractivity contribution is 6.29. The lowest BCUT2D eigenvalue weighted by Gasteiger charge is -2.07. The zero-order valence-corrected chi connectivity index (χ0v) is 10.8. The van der Waals surface area contributed by atoms with Gasteiger partial charge in [0, 0.05) is 19.0 Å². The minimum Gasteiger partial charge on any atom is -0.361 e. The zero-order valence-electron chi connectivity index (χ0n) is 10.1. The number of nitrogens with zero attached hydrogens (tertiary/aromatic N) is 2. The van der Waals surface area contributed by atoms with Gasteiger partial charge in [-0.25, -0.2) is 9.97 Å². The molecule has 1 aromatic heterocycles. The Balaban J connectivity index is 2.51. The zero-order chi connectivity index (χ0) is 12.7. The molecule has 0 aromatic carbocycles. The number of hydrogen-bond acceptors (Lipinski definition) is 4. The molecule has 0 unspecified atom stereocenters. The van der Waals surface area contributed by atoms with Crippen molar-refractivity contribution in [1.29, 1.82) is 0 Å². The Hall–Kier alpha value is -1.36. The molecule has 0 bridgehead atoms. The summed E-state index contributed by atoms with van der Waals surface area (Å²) in [6.45, 7) is 4.83. The molecule has 1 rings (SSSR count). The number of amides is 1. The van der Waals surface area contributed by atoms with Crippen molar-refractivity contribution in [2.45, 2.75) is 26.7 Å². The fourth-order valence-electron chi connectivity index (χ4n) is 1.21.